The van der Waals surface area contributed by atoms with Crippen LogP contribution in [0.3, 0.4) is 0 Å². The van der Waals surface area contributed by atoms with Gasteiger partial charge in [-0.25, -0.2) is 0 Å². The van der Waals surface area contributed by atoms with Crippen molar-refractivity contribution in [3.05, 3.63) is 89.8 Å². The number of fused-ring (bicyclic) bond motifs is 1. The van der Waals surface area contributed by atoms with Crippen molar-refractivity contribution in [2.45, 2.75) is 52.0 Å². The van der Waals surface area contributed by atoms with Crippen molar-refractivity contribution in [2.24, 2.45) is 5.92 Å². The minimum Gasteiger partial charge on any atom is -0.481 e. The Kier molecular flexibility index (Phi) is 6.27. The quantitative estimate of drug-likeness (QED) is 0.262. The summed E-state index contributed by atoms with van der Waals surface area (Å²) in [5, 5.41) is 13.3. The molecular weight excluding hydrogens is 476 g/mol. The molecule has 0 aliphatic heterocycles. The van der Waals surface area contributed by atoms with Crippen molar-refractivity contribution in [1.82, 2.24) is 19.7 Å². The molecule has 0 bridgehead atoms. The van der Waals surface area contributed by atoms with E-state index in [1.165, 1.54) is 12.8 Å². The summed E-state index contributed by atoms with van der Waals surface area (Å²) in [6.07, 6.45) is 10.8. The Hall–Kier alpha value is -4.26. The maximum Gasteiger partial charge on any atom is 0.307 e. The molecule has 1 atom stereocenters. The van der Waals surface area contributed by atoms with Crippen LogP contribution in [0.5, 0.6) is 0 Å². The summed E-state index contributed by atoms with van der Waals surface area (Å²) in [6.45, 7) is 3.88. The monoisotopic (exact) mass is 506 g/mol. The number of carboxylic acids is 1. The average Bonchev–Trinajstić information content (AvgIpc) is 3.65. The van der Waals surface area contributed by atoms with Crippen LogP contribution < -0.4 is 0 Å². The maximum atomic E-state index is 11.2. The number of carbonyl (C=O) groups is 1. The maximum absolute atomic E-state index is 11.2. The van der Waals surface area contributed by atoms with Crippen LogP contribution in [0.4, 0.5) is 0 Å². The van der Waals surface area contributed by atoms with Gasteiger partial charge in [0, 0.05) is 35.3 Å². The largest absolute Gasteiger partial charge is 0.481 e. The molecule has 0 saturated heterocycles. The Morgan fingerprint density at radius 1 is 1.08 bits per heavy atom. The number of aromatic nitrogens is 4. The summed E-state index contributed by atoms with van der Waals surface area (Å²) in [5.41, 5.74) is 8.59. The van der Waals surface area contributed by atoms with Crippen molar-refractivity contribution in [1.29, 1.82) is 0 Å². The van der Waals surface area contributed by atoms with Gasteiger partial charge in [0.2, 0.25) is 0 Å². The highest BCUT2D eigenvalue weighted by molar-refractivity contribution is 5.95. The molecule has 0 amide bonds. The molecule has 1 N–H and O–H groups in total. The van der Waals surface area contributed by atoms with Gasteiger partial charge in [-0.2, -0.15) is 0 Å². The van der Waals surface area contributed by atoms with E-state index in [-0.39, 0.29) is 12.5 Å². The molecule has 7 nitrogen and oxygen atoms in total. The van der Waals surface area contributed by atoms with Gasteiger partial charge in [0.25, 0.3) is 0 Å². The highest BCUT2D eigenvalue weighted by Crippen LogP contribution is 2.42. The van der Waals surface area contributed by atoms with Crippen LogP contribution in [-0.4, -0.2) is 30.8 Å². The second kappa shape index (κ2) is 9.89. The van der Waals surface area contributed by atoms with Crippen LogP contribution >= 0.6 is 0 Å². The van der Waals surface area contributed by atoms with Gasteiger partial charge in [-0.1, -0.05) is 48.3 Å². The Balaban J connectivity index is 1.56. The Bertz CT molecular complexity index is 1580. The molecule has 0 spiro atoms. The first-order chi connectivity index (χ1) is 18.5. The number of aryl methyl sites for hydroxylation is 2. The lowest BCUT2D eigenvalue weighted by molar-refractivity contribution is -0.136. The highest BCUT2D eigenvalue weighted by Gasteiger charge is 2.31. The first-order valence-electron chi connectivity index (χ1n) is 13.2. The zero-order chi connectivity index (χ0) is 26.2. The van der Waals surface area contributed by atoms with E-state index in [1.807, 2.05) is 56.6 Å². The number of benzene rings is 1. The molecule has 6 rings (SSSR count). The van der Waals surface area contributed by atoms with E-state index in [0.29, 0.717) is 5.92 Å². The number of hydrogen-bond donors (Lipinski definition) is 1. The van der Waals surface area contributed by atoms with Crippen molar-refractivity contribution in [3.8, 4) is 22.3 Å². The third kappa shape index (κ3) is 4.38. The fraction of sp³-hybridized carbons (Fsp3) is 0.290. The van der Waals surface area contributed by atoms with E-state index in [0.717, 1.165) is 68.8 Å². The molecule has 4 aromatic heterocycles. The molecule has 4 heterocycles. The molecule has 192 valence electrons. The van der Waals surface area contributed by atoms with Crippen LogP contribution in [0.25, 0.3) is 33.3 Å². The molecule has 1 aliphatic rings. The summed E-state index contributed by atoms with van der Waals surface area (Å²) in [6, 6.07) is 16.2. The number of carboxylic acid groups (broad SMARTS) is 1. The van der Waals surface area contributed by atoms with E-state index in [4.69, 9.17) is 14.5 Å². The summed E-state index contributed by atoms with van der Waals surface area (Å²) in [7, 11) is 0. The Morgan fingerprint density at radius 2 is 1.87 bits per heavy atom. The minimum absolute atomic E-state index is 0.00448. The minimum atomic E-state index is -0.836. The lowest BCUT2D eigenvalue weighted by Gasteiger charge is -2.26. The lowest BCUT2D eigenvalue weighted by Crippen LogP contribution is -2.19. The topological polar surface area (TPSA) is 94.0 Å². The van der Waals surface area contributed by atoms with Gasteiger partial charge in [0.1, 0.15) is 5.76 Å². The van der Waals surface area contributed by atoms with Crippen molar-refractivity contribution in [2.75, 3.05) is 0 Å². The Morgan fingerprint density at radius 3 is 2.53 bits per heavy atom. The van der Waals surface area contributed by atoms with Crippen LogP contribution in [-0.2, 0) is 11.2 Å². The van der Waals surface area contributed by atoms with E-state index in [9.17, 15) is 9.90 Å². The summed E-state index contributed by atoms with van der Waals surface area (Å²) >= 11 is 0. The van der Waals surface area contributed by atoms with E-state index < -0.39 is 5.97 Å². The highest BCUT2D eigenvalue weighted by atomic mass is 16.5. The van der Waals surface area contributed by atoms with E-state index in [1.54, 1.807) is 0 Å². The molecule has 1 fully saturated rings. The van der Waals surface area contributed by atoms with Crippen molar-refractivity contribution >= 4 is 17.0 Å². The smallest absolute Gasteiger partial charge is 0.307 e. The molecule has 1 aliphatic carbocycles. The molecule has 1 unspecified atom stereocenters. The van der Waals surface area contributed by atoms with E-state index >= 15 is 0 Å². The van der Waals surface area contributed by atoms with Crippen LogP contribution in [0.2, 0.25) is 0 Å². The number of pyridine rings is 2. The second-order valence-corrected chi connectivity index (χ2v) is 10.3. The third-order valence-corrected chi connectivity index (χ3v) is 7.75. The standard InChI is InChI=1S/C31H30N4O3/c1-19-29(20(2)38-34-19)24-16-27-30(33-17-24)25(22-12-10-21(11-13-22)15-28(36)37)18-35(27)31(23-7-3-4-8-23)26-9-5-6-14-32-26/h5-6,9-14,16-18,23,31H,3-4,7-8,15H2,1-2H3,(H,36,37). The summed E-state index contributed by atoms with van der Waals surface area (Å²) in [5.74, 6) is 0.416. The summed E-state index contributed by atoms with van der Waals surface area (Å²) in [4.78, 5) is 21.0. The fourth-order valence-corrected chi connectivity index (χ4v) is 6.01. The van der Waals surface area contributed by atoms with Crippen LogP contribution in [0, 0.1) is 19.8 Å². The normalized spacial score (nSPS) is 14.8. The lowest BCUT2D eigenvalue weighted by atomic mass is 9.94. The Labute approximate surface area is 221 Å². The SMILES string of the molecule is Cc1noc(C)c1-c1cnc2c(-c3ccc(CC(=O)O)cc3)cn(C(c3ccccn3)C3CCCC3)c2c1. The van der Waals surface area contributed by atoms with Crippen molar-refractivity contribution in [3.63, 3.8) is 0 Å². The average molecular weight is 507 g/mol. The van der Waals surface area contributed by atoms with Crippen molar-refractivity contribution < 1.29 is 14.4 Å². The third-order valence-electron chi connectivity index (χ3n) is 7.75. The predicted octanol–water partition coefficient (Wildman–Crippen LogP) is 6.78. The molecule has 0 radical (unpaired) electrons. The van der Waals surface area contributed by atoms with Gasteiger partial charge >= 0.3 is 5.97 Å². The number of aliphatic carboxylic acids is 1. The summed E-state index contributed by atoms with van der Waals surface area (Å²) < 4.78 is 7.83. The van der Waals surface area contributed by atoms with Crippen LogP contribution in [0.15, 0.2) is 71.6 Å². The molecular formula is C31H30N4O3. The second-order valence-electron chi connectivity index (χ2n) is 10.3. The number of hydrogen-bond acceptors (Lipinski definition) is 5. The predicted molar refractivity (Wildman–Crippen MR) is 146 cm³/mol. The number of nitrogens with zero attached hydrogens (tertiary/aromatic N) is 4. The van der Waals surface area contributed by atoms with Gasteiger partial charge in [0.15, 0.2) is 0 Å². The van der Waals surface area contributed by atoms with Crippen LogP contribution in [0.1, 0.15) is 54.4 Å². The van der Waals surface area contributed by atoms with Gasteiger partial charge < -0.3 is 14.2 Å². The zero-order valence-electron chi connectivity index (χ0n) is 21.6. The van der Waals surface area contributed by atoms with Gasteiger partial charge in [0.05, 0.1) is 34.9 Å². The molecule has 5 aromatic rings. The first-order valence-corrected chi connectivity index (χ1v) is 13.2. The molecule has 1 aromatic carbocycles. The first kappa shape index (κ1) is 24.1. The van der Waals surface area contributed by atoms with Gasteiger partial charge in [-0.05, 0) is 61.9 Å². The van der Waals surface area contributed by atoms with E-state index in [2.05, 4.69) is 34.1 Å². The molecule has 7 heteroatoms. The zero-order valence-corrected chi connectivity index (χ0v) is 21.6. The fourth-order valence-electron chi connectivity index (χ4n) is 6.01. The number of rotatable bonds is 7. The molecule has 1 saturated carbocycles. The van der Waals surface area contributed by atoms with Gasteiger partial charge in [-0.15, -0.1) is 0 Å². The molecule has 38 heavy (non-hydrogen) atoms. The van der Waals surface area contributed by atoms with Gasteiger partial charge in [-0.3, -0.25) is 14.8 Å².